The van der Waals surface area contributed by atoms with E-state index in [0.29, 0.717) is 17.9 Å². The van der Waals surface area contributed by atoms with Gasteiger partial charge in [0.1, 0.15) is 23.4 Å². The number of esters is 1. The normalized spacial score (nSPS) is 13.3. The number of anilines is 1. The van der Waals surface area contributed by atoms with Crippen molar-refractivity contribution in [3.05, 3.63) is 89.1 Å². The fourth-order valence-electron chi connectivity index (χ4n) is 5.84. The molecule has 1 heterocycles. The number of benzene rings is 3. The molecule has 12 heteroatoms. The van der Waals surface area contributed by atoms with Crippen molar-refractivity contribution >= 4 is 44.6 Å². The molecule has 0 bridgehead atoms. The van der Waals surface area contributed by atoms with Crippen LogP contribution in [-0.4, -0.2) is 50.8 Å². The zero-order valence-electron chi connectivity index (χ0n) is 29.5. The van der Waals surface area contributed by atoms with Crippen molar-refractivity contribution in [3.8, 4) is 17.6 Å². The maximum Gasteiger partial charge on any atom is 0.411 e. The summed E-state index contributed by atoms with van der Waals surface area (Å²) in [5, 5.41) is 3.78. The van der Waals surface area contributed by atoms with Crippen LogP contribution in [0.25, 0.3) is 10.9 Å². The van der Waals surface area contributed by atoms with Crippen LogP contribution in [0, 0.1) is 17.3 Å². The molecule has 0 aliphatic heterocycles. The molecule has 2 N–H and O–H groups in total. The minimum Gasteiger partial charge on any atom is -0.496 e. The fourth-order valence-corrected chi connectivity index (χ4v) is 6.98. The van der Waals surface area contributed by atoms with E-state index < -0.39 is 27.4 Å². The zero-order chi connectivity index (χ0) is 36.8. The highest BCUT2D eigenvalue weighted by Crippen LogP contribution is 2.30. The first-order valence-electron chi connectivity index (χ1n) is 16.8. The van der Waals surface area contributed by atoms with E-state index in [-0.39, 0.29) is 41.1 Å². The van der Waals surface area contributed by atoms with Gasteiger partial charge < -0.3 is 18.8 Å². The van der Waals surface area contributed by atoms with Crippen LogP contribution in [0.3, 0.4) is 0 Å². The lowest BCUT2D eigenvalue weighted by atomic mass is 9.97. The maximum absolute atomic E-state index is 13.4. The van der Waals surface area contributed by atoms with Gasteiger partial charge in [-0.15, -0.1) is 0 Å². The first-order chi connectivity index (χ1) is 24.2. The summed E-state index contributed by atoms with van der Waals surface area (Å²) >= 11 is 0. The van der Waals surface area contributed by atoms with Crippen LogP contribution >= 0.6 is 0 Å². The van der Waals surface area contributed by atoms with E-state index in [1.807, 2.05) is 36.0 Å². The standard InChI is InChI=1S/C39H43N3O8S/c1-39(2,3)37(44)49-21-11-10-13-26-12-6-9-16-35(26)51(46,47)41-36(43)28-18-17-27(34(23-28)48-5)22-29-25-42(4)33-20-19-30(24-32(29)33)40-38(45)50-31-14-7-8-15-31/h6,9,12,16-20,23-25,31H,7-8,11,14-15,21-22H2,1-5H3,(H,40,45)(H,41,43). The van der Waals surface area contributed by atoms with Crippen molar-refractivity contribution in [1.29, 1.82) is 0 Å². The Morgan fingerprint density at radius 3 is 2.45 bits per heavy atom. The molecule has 0 atom stereocenters. The van der Waals surface area contributed by atoms with E-state index in [0.717, 1.165) is 47.7 Å². The third kappa shape index (κ3) is 9.29. The number of aromatic nitrogens is 1. The van der Waals surface area contributed by atoms with E-state index >= 15 is 0 Å². The summed E-state index contributed by atoms with van der Waals surface area (Å²) in [6, 6.07) is 16.5. The lowest BCUT2D eigenvalue weighted by Gasteiger charge is -2.15. The lowest BCUT2D eigenvalue weighted by molar-refractivity contribution is -0.152. The monoisotopic (exact) mass is 713 g/mol. The number of nitrogens with zero attached hydrogens (tertiary/aromatic N) is 1. The summed E-state index contributed by atoms with van der Waals surface area (Å²) < 4.78 is 47.3. The lowest BCUT2D eigenvalue weighted by Crippen LogP contribution is -2.31. The van der Waals surface area contributed by atoms with Crippen LogP contribution < -0.4 is 14.8 Å². The molecule has 1 aliphatic rings. The Hall–Kier alpha value is -5.28. The number of carbonyl (C=O) groups excluding carboxylic acids is 3. The number of nitrogens with one attached hydrogen (secondary N) is 2. The first kappa shape index (κ1) is 37.0. The molecule has 5 rings (SSSR count). The molecule has 3 aromatic carbocycles. The number of fused-ring (bicyclic) bond motifs is 1. The molecule has 0 spiro atoms. The second kappa shape index (κ2) is 15.7. The summed E-state index contributed by atoms with van der Waals surface area (Å²) in [4.78, 5) is 37.6. The molecule has 51 heavy (non-hydrogen) atoms. The fraction of sp³-hybridized carbons (Fsp3) is 0.359. The maximum atomic E-state index is 13.4. The SMILES string of the molecule is COc1cc(C(=O)NS(=O)(=O)c2ccccc2C#CCCOC(=O)C(C)(C)C)ccc1Cc1cn(C)c2ccc(NC(=O)OC3CCCC3)cc12. The summed E-state index contributed by atoms with van der Waals surface area (Å²) in [6.07, 6.45) is 6.04. The van der Waals surface area contributed by atoms with Gasteiger partial charge in [0, 0.05) is 53.8 Å². The van der Waals surface area contributed by atoms with Crippen LogP contribution in [0.15, 0.2) is 71.8 Å². The third-order valence-electron chi connectivity index (χ3n) is 8.52. The number of amides is 2. The molecule has 1 aliphatic carbocycles. The number of sulfonamides is 1. The number of hydrogen-bond acceptors (Lipinski definition) is 8. The Balaban J connectivity index is 1.28. The molecule has 1 saturated carbocycles. The van der Waals surface area contributed by atoms with Gasteiger partial charge >= 0.3 is 12.1 Å². The van der Waals surface area contributed by atoms with E-state index in [1.165, 1.54) is 19.2 Å². The Morgan fingerprint density at radius 2 is 1.73 bits per heavy atom. The quantitative estimate of drug-likeness (QED) is 0.105. The third-order valence-corrected chi connectivity index (χ3v) is 9.91. The highest BCUT2D eigenvalue weighted by molar-refractivity contribution is 7.90. The van der Waals surface area contributed by atoms with Crippen LogP contribution in [0.2, 0.25) is 0 Å². The van der Waals surface area contributed by atoms with Gasteiger partial charge in [-0.2, -0.15) is 0 Å². The van der Waals surface area contributed by atoms with E-state index in [9.17, 15) is 22.8 Å². The number of aryl methyl sites for hydroxylation is 1. The van der Waals surface area contributed by atoms with Crippen molar-refractivity contribution < 1.29 is 37.0 Å². The van der Waals surface area contributed by atoms with Gasteiger partial charge in [0.05, 0.1) is 12.5 Å². The number of ether oxygens (including phenoxy) is 3. The minimum atomic E-state index is -4.30. The summed E-state index contributed by atoms with van der Waals surface area (Å²) in [5.41, 5.74) is 2.98. The predicted octanol–water partition coefficient (Wildman–Crippen LogP) is 6.72. The number of carbonyl (C=O) groups is 3. The average Bonchev–Trinajstić information content (AvgIpc) is 3.70. The molecule has 1 aromatic heterocycles. The predicted molar refractivity (Wildman–Crippen MR) is 194 cm³/mol. The largest absolute Gasteiger partial charge is 0.496 e. The molecule has 0 unspecified atom stereocenters. The topological polar surface area (TPSA) is 142 Å². The smallest absolute Gasteiger partial charge is 0.411 e. The Bertz CT molecular complexity index is 2110. The highest BCUT2D eigenvalue weighted by Gasteiger charge is 2.24. The minimum absolute atomic E-state index is 0.0437. The van der Waals surface area contributed by atoms with Crippen molar-refractivity contribution in [3.63, 3.8) is 0 Å². The highest BCUT2D eigenvalue weighted by atomic mass is 32.2. The number of rotatable bonds is 10. The van der Waals surface area contributed by atoms with Gasteiger partial charge in [-0.05, 0) is 100 Å². The Morgan fingerprint density at radius 1 is 0.980 bits per heavy atom. The van der Waals surface area contributed by atoms with Crippen molar-refractivity contribution in [2.24, 2.45) is 12.5 Å². The van der Waals surface area contributed by atoms with Gasteiger partial charge in [0.15, 0.2) is 0 Å². The van der Waals surface area contributed by atoms with Gasteiger partial charge in [0.25, 0.3) is 15.9 Å². The van der Waals surface area contributed by atoms with Gasteiger partial charge in [-0.25, -0.2) is 17.9 Å². The zero-order valence-corrected chi connectivity index (χ0v) is 30.3. The van der Waals surface area contributed by atoms with Gasteiger partial charge in [-0.3, -0.25) is 14.9 Å². The van der Waals surface area contributed by atoms with Crippen LogP contribution in [-0.2, 0) is 37.8 Å². The molecule has 4 aromatic rings. The molecule has 0 radical (unpaired) electrons. The molecular weight excluding hydrogens is 671 g/mol. The molecule has 11 nitrogen and oxygen atoms in total. The van der Waals surface area contributed by atoms with Crippen molar-refractivity contribution in [2.45, 2.75) is 70.3 Å². The second-order valence-corrected chi connectivity index (χ2v) is 15.2. The summed E-state index contributed by atoms with van der Waals surface area (Å²) in [7, 11) is -0.882. The first-order valence-corrected chi connectivity index (χ1v) is 18.3. The van der Waals surface area contributed by atoms with Crippen LogP contribution in [0.1, 0.15) is 79.9 Å². The average molecular weight is 714 g/mol. The molecular formula is C39H43N3O8S. The Labute approximate surface area is 298 Å². The van der Waals surface area contributed by atoms with Gasteiger partial charge in [-0.1, -0.05) is 30.0 Å². The second-order valence-electron chi connectivity index (χ2n) is 13.5. The van der Waals surface area contributed by atoms with Crippen molar-refractivity contribution in [1.82, 2.24) is 9.29 Å². The van der Waals surface area contributed by atoms with Gasteiger partial charge in [0.2, 0.25) is 0 Å². The number of hydrogen-bond donors (Lipinski definition) is 2. The molecule has 1 fully saturated rings. The van der Waals surface area contributed by atoms with Crippen LogP contribution in [0.5, 0.6) is 5.75 Å². The van der Waals surface area contributed by atoms with Crippen molar-refractivity contribution in [2.75, 3.05) is 19.0 Å². The van der Waals surface area contributed by atoms with Crippen LogP contribution in [0.4, 0.5) is 10.5 Å². The molecule has 268 valence electrons. The van der Waals surface area contributed by atoms with E-state index in [1.54, 1.807) is 51.1 Å². The number of methoxy groups -OCH3 is 1. The summed E-state index contributed by atoms with van der Waals surface area (Å²) in [5.74, 6) is 4.88. The van der Waals surface area contributed by atoms with E-state index in [4.69, 9.17) is 14.2 Å². The molecule has 0 saturated heterocycles. The summed E-state index contributed by atoms with van der Waals surface area (Å²) in [6.45, 7) is 5.32. The van der Waals surface area contributed by atoms with E-state index in [2.05, 4.69) is 21.9 Å². The Kier molecular flexibility index (Phi) is 11.4. The molecule has 2 amide bonds.